The lowest BCUT2D eigenvalue weighted by Gasteiger charge is -2.61. The molecule has 9 heteroatoms. The smallest absolute Gasteiger partial charge is 0.316 e. The maximum Gasteiger partial charge on any atom is 0.316 e. The van der Waals surface area contributed by atoms with Crippen LogP contribution in [0.3, 0.4) is 0 Å². The summed E-state index contributed by atoms with van der Waals surface area (Å²) in [5.41, 5.74) is 10.9. The maximum atomic E-state index is 13.6. The van der Waals surface area contributed by atoms with Crippen LogP contribution >= 0.6 is 11.8 Å². The van der Waals surface area contributed by atoms with Gasteiger partial charge in [0.15, 0.2) is 0 Å². The normalized spacial score (nSPS) is 35.6. The van der Waals surface area contributed by atoms with E-state index >= 15 is 0 Å². The third kappa shape index (κ3) is 6.67. The van der Waals surface area contributed by atoms with Crippen molar-refractivity contribution < 1.29 is 24.2 Å². The first-order valence-electron chi connectivity index (χ1n) is 16.3. The molecule has 0 saturated heterocycles. The number of rotatable bonds is 12. The van der Waals surface area contributed by atoms with Crippen molar-refractivity contribution in [3.8, 4) is 0 Å². The molecule has 4 rings (SSSR count). The Morgan fingerprint density at radius 2 is 2.00 bits per heavy atom. The van der Waals surface area contributed by atoms with Crippen LogP contribution in [0.1, 0.15) is 84.6 Å². The number of Topliss-reactive ketones (excluding diaryl/α,β-unsaturated/α-hetero) is 1. The van der Waals surface area contributed by atoms with Gasteiger partial charge >= 0.3 is 5.97 Å². The van der Waals surface area contributed by atoms with Crippen LogP contribution in [0.2, 0.25) is 0 Å². The number of ether oxygens (including phenoxy) is 1. The van der Waals surface area contributed by atoms with Gasteiger partial charge in [-0.25, -0.2) is 0 Å². The fourth-order valence-corrected chi connectivity index (χ4v) is 9.30. The largest absolute Gasteiger partial charge is 0.461 e. The number of ketones is 1. The lowest BCUT2D eigenvalue weighted by Crippen LogP contribution is -2.63. The number of amides is 1. The number of aliphatic hydroxyl groups is 1. The second-order valence-corrected chi connectivity index (χ2v) is 15.2. The summed E-state index contributed by atoms with van der Waals surface area (Å²) in [5, 5.41) is 14.6. The van der Waals surface area contributed by atoms with Gasteiger partial charge in [-0.1, -0.05) is 52.3 Å². The van der Waals surface area contributed by atoms with Crippen molar-refractivity contribution in [1.29, 1.82) is 0 Å². The van der Waals surface area contributed by atoms with Crippen LogP contribution in [-0.4, -0.2) is 53.3 Å². The van der Waals surface area contributed by atoms with Gasteiger partial charge in [0.1, 0.15) is 11.9 Å². The van der Waals surface area contributed by atoms with E-state index in [1.807, 2.05) is 37.3 Å². The Kier molecular flexibility index (Phi) is 11.1. The molecule has 44 heavy (non-hydrogen) atoms. The predicted molar refractivity (Wildman–Crippen MR) is 175 cm³/mol. The number of unbranched alkanes of at least 4 members (excludes halogenated alkanes) is 1. The van der Waals surface area contributed by atoms with Crippen molar-refractivity contribution >= 4 is 29.4 Å². The van der Waals surface area contributed by atoms with Crippen molar-refractivity contribution in [2.75, 3.05) is 12.3 Å². The van der Waals surface area contributed by atoms with E-state index in [0.29, 0.717) is 32.4 Å². The van der Waals surface area contributed by atoms with Crippen LogP contribution in [0.15, 0.2) is 41.8 Å². The highest BCUT2D eigenvalue weighted by molar-refractivity contribution is 8.00. The van der Waals surface area contributed by atoms with E-state index in [0.717, 1.165) is 42.6 Å². The monoisotopic (exact) mass is 627 g/mol. The number of aliphatic hydroxyl groups excluding tert-OH is 1. The van der Waals surface area contributed by atoms with Crippen LogP contribution in [0, 0.1) is 34.0 Å². The minimum atomic E-state index is -0.689. The van der Waals surface area contributed by atoms with Gasteiger partial charge in [0.2, 0.25) is 5.91 Å². The molecular formula is C35H53N3O5S. The molecular weight excluding hydrogens is 574 g/mol. The van der Waals surface area contributed by atoms with Gasteiger partial charge in [-0.2, -0.15) is 0 Å². The van der Waals surface area contributed by atoms with Crippen molar-refractivity contribution in [3.63, 3.8) is 0 Å². The Hall–Kier alpha value is -2.20. The summed E-state index contributed by atoms with van der Waals surface area (Å²) < 4.78 is 6.37. The van der Waals surface area contributed by atoms with Crippen molar-refractivity contribution in [2.24, 2.45) is 45.5 Å². The number of carbonyl (C=O) groups excluding carboxylic acids is 3. The molecule has 2 bridgehead atoms. The number of thioether (sulfide) groups is 1. The van der Waals surface area contributed by atoms with Gasteiger partial charge in [-0.3, -0.25) is 14.4 Å². The van der Waals surface area contributed by atoms with E-state index in [1.165, 1.54) is 11.8 Å². The highest BCUT2D eigenvalue weighted by atomic mass is 32.2. The molecule has 3 fully saturated rings. The number of hydrogen-bond acceptors (Lipinski definition) is 8. The predicted octanol–water partition coefficient (Wildman–Crippen LogP) is 4.76. The highest BCUT2D eigenvalue weighted by Gasteiger charge is 2.68. The average Bonchev–Trinajstić information content (AvgIpc) is 3.37. The quantitative estimate of drug-likeness (QED) is 0.112. The average molecular weight is 628 g/mol. The lowest BCUT2D eigenvalue weighted by molar-refractivity contribution is -0.205. The summed E-state index contributed by atoms with van der Waals surface area (Å²) in [6, 6.07) is 7.15. The Morgan fingerprint density at radius 1 is 1.25 bits per heavy atom. The molecule has 244 valence electrons. The van der Waals surface area contributed by atoms with Crippen LogP contribution in [0.25, 0.3) is 0 Å². The lowest BCUT2D eigenvalue weighted by atomic mass is 9.44. The van der Waals surface area contributed by atoms with Gasteiger partial charge in [0, 0.05) is 34.6 Å². The minimum Gasteiger partial charge on any atom is -0.461 e. The summed E-state index contributed by atoms with van der Waals surface area (Å²) in [5.74, 6) is -0.304. The van der Waals surface area contributed by atoms with Crippen LogP contribution in [-0.2, 0) is 25.7 Å². The van der Waals surface area contributed by atoms with Crippen molar-refractivity contribution in [1.82, 2.24) is 5.32 Å². The van der Waals surface area contributed by atoms with Crippen molar-refractivity contribution in [2.45, 2.75) is 109 Å². The first-order chi connectivity index (χ1) is 20.8. The summed E-state index contributed by atoms with van der Waals surface area (Å²) in [7, 11) is 0. The molecule has 0 radical (unpaired) electrons. The summed E-state index contributed by atoms with van der Waals surface area (Å²) in [6.45, 7) is 13.5. The molecule has 3 aliphatic carbocycles. The van der Waals surface area contributed by atoms with Gasteiger partial charge in [-0.15, -0.1) is 18.3 Å². The minimum absolute atomic E-state index is 0.0649. The topological polar surface area (TPSA) is 145 Å². The summed E-state index contributed by atoms with van der Waals surface area (Å²) in [4.78, 5) is 40.4. The molecule has 9 atom stereocenters. The second-order valence-electron chi connectivity index (χ2n) is 14.1. The zero-order valence-electron chi connectivity index (χ0n) is 27.0. The third-order valence-electron chi connectivity index (χ3n) is 11.6. The molecule has 0 aromatic heterocycles. The number of carbonyl (C=O) groups is 3. The standard InChI is InChI=1S/C35H53N3O5S/c1-6-33(4)19-28(34(5)22(2)13-15-35(23(3)31(33)41)16-14-27(39)30(34)35)43-29(40)21-44-25-11-9-10-24(18-25)20-38-32(42)26(37)12-7-8-17-36/h6,9-11,18,22-23,26,28,30-31,41H,1,7-8,12-17,19-21,36-37H2,2-5H3,(H,38,42)/t22?,23-,26-,28+,30?,31-,33+,34-,35?/m0/s1. The Bertz CT molecular complexity index is 1230. The Balaban J connectivity index is 1.46. The molecule has 0 aliphatic heterocycles. The van der Waals surface area contributed by atoms with Gasteiger partial charge in [-0.05, 0) is 80.0 Å². The van der Waals surface area contributed by atoms with E-state index in [1.54, 1.807) is 0 Å². The fraction of sp³-hybridized carbons (Fsp3) is 0.686. The number of benzene rings is 1. The molecule has 8 nitrogen and oxygen atoms in total. The van der Waals surface area contributed by atoms with E-state index < -0.39 is 29.1 Å². The van der Waals surface area contributed by atoms with E-state index in [4.69, 9.17) is 16.2 Å². The van der Waals surface area contributed by atoms with Crippen molar-refractivity contribution in [3.05, 3.63) is 42.5 Å². The van der Waals surface area contributed by atoms with Gasteiger partial charge in [0.05, 0.1) is 17.9 Å². The van der Waals surface area contributed by atoms with E-state index in [9.17, 15) is 19.5 Å². The fourth-order valence-electron chi connectivity index (χ4n) is 8.54. The van der Waals surface area contributed by atoms with Gasteiger partial charge < -0.3 is 26.6 Å². The molecule has 3 aliphatic rings. The number of esters is 1. The molecule has 0 spiro atoms. The van der Waals surface area contributed by atoms with Gasteiger partial charge in [0.25, 0.3) is 0 Å². The number of hydrogen-bond donors (Lipinski definition) is 4. The van der Waals surface area contributed by atoms with Crippen LogP contribution < -0.4 is 16.8 Å². The molecule has 3 unspecified atom stereocenters. The highest BCUT2D eigenvalue weighted by Crippen LogP contribution is 2.68. The van der Waals surface area contributed by atoms with Crippen LogP contribution in [0.4, 0.5) is 0 Å². The summed E-state index contributed by atoms with van der Waals surface area (Å²) in [6.07, 6.45) is 6.41. The Morgan fingerprint density at radius 3 is 2.70 bits per heavy atom. The second kappa shape index (κ2) is 14.1. The zero-order valence-corrected chi connectivity index (χ0v) is 27.8. The SMILES string of the molecule is C=C[C@]1(C)C[C@@H](OC(=O)CSc2cccc(CNC(=O)[C@@H](N)CCCCN)c2)[C@]2(C)C(C)CCC3(CCC(=O)C32)[C@@H](C)[C@@H]1O. The first-order valence-corrected chi connectivity index (χ1v) is 17.3. The molecule has 1 aromatic rings. The summed E-state index contributed by atoms with van der Waals surface area (Å²) >= 11 is 1.38. The molecule has 6 N–H and O–H groups in total. The number of nitrogens with two attached hydrogens (primary N) is 2. The zero-order chi connectivity index (χ0) is 32.3. The molecule has 1 amide bonds. The molecule has 0 heterocycles. The van der Waals surface area contributed by atoms with E-state index in [2.05, 4.69) is 32.7 Å². The van der Waals surface area contributed by atoms with E-state index in [-0.39, 0.29) is 46.6 Å². The third-order valence-corrected chi connectivity index (χ3v) is 12.6. The van der Waals surface area contributed by atoms with Crippen LogP contribution in [0.5, 0.6) is 0 Å². The first kappa shape index (κ1) is 34.7. The molecule has 1 aromatic carbocycles. The number of nitrogens with one attached hydrogen (secondary N) is 1. The molecule has 3 saturated carbocycles. The Labute approximate surface area is 267 Å². The maximum absolute atomic E-state index is 13.6.